The number of carbonyl (C=O) groups is 1. The van der Waals surface area contributed by atoms with E-state index in [0.717, 1.165) is 11.1 Å². The number of benzene rings is 2. The van der Waals surface area contributed by atoms with Crippen molar-refractivity contribution in [3.05, 3.63) is 65.5 Å². The second-order valence-electron chi connectivity index (χ2n) is 5.07. The van der Waals surface area contributed by atoms with Crippen molar-refractivity contribution < 1.29 is 13.9 Å². The molecule has 3 N–H and O–H groups in total. The highest BCUT2D eigenvalue weighted by atomic mass is 19.1. The molecule has 2 aromatic carbocycles. The lowest BCUT2D eigenvalue weighted by Crippen LogP contribution is -2.38. The van der Waals surface area contributed by atoms with E-state index in [-0.39, 0.29) is 5.82 Å². The molecule has 0 saturated heterocycles. The van der Waals surface area contributed by atoms with E-state index >= 15 is 0 Å². The van der Waals surface area contributed by atoms with Crippen LogP contribution in [-0.2, 0) is 17.9 Å². The molecule has 0 unspecified atom stereocenters. The third kappa shape index (κ3) is 4.86. The van der Waals surface area contributed by atoms with Crippen LogP contribution in [0.5, 0.6) is 5.75 Å². The summed E-state index contributed by atoms with van der Waals surface area (Å²) in [5.41, 5.74) is 6.94. The van der Waals surface area contributed by atoms with E-state index in [0.29, 0.717) is 18.9 Å². The van der Waals surface area contributed by atoms with Gasteiger partial charge >= 0.3 is 0 Å². The van der Waals surface area contributed by atoms with Gasteiger partial charge in [0.2, 0.25) is 5.91 Å². The molecular formula is C17H19FN2O2. The van der Waals surface area contributed by atoms with Crippen LogP contribution in [0, 0.1) is 5.82 Å². The Morgan fingerprint density at radius 1 is 1.23 bits per heavy atom. The number of primary amides is 1. The van der Waals surface area contributed by atoms with Crippen LogP contribution >= 0.6 is 0 Å². The van der Waals surface area contributed by atoms with Gasteiger partial charge in [0.1, 0.15) is 18.2 Å². The van der Waals surface area contributed by atoms with Gasteiger partial charge in [0.15, 0.2) is 0 Å². The molecule has 22 heavy (non-hydrogen) atoms. The molecule has 1 amide bonds. The maximum absolute atomic E-state index is 13.1. The standard InChI is InChI=1S/C17H19FN2O2/c1-12(17(19)21)20-10-13-4-3-7-16(9-13)22-11-14-5-2-6-15(18)8-14/h2-9,12,20H,10-11H2,1H3,(H2,19,21)/t12-/m1/s1. The topological polar surface area (TPSA) is 64.3 Å². The molecule has 0 fully saturated rings. The van der Waals surface area contributed by atoms with Crippen LogP contribution in [0.25, 0.3) is 0 Å². The fraction of sp³-hybridized carbons (Fsp3) is 0.235. The number of nitrogens with one attached hydrogen (secondary N) is 1. The Morgan fingerprint density at radius 3 is 2.68 bits per heavy atom. The highest BCUT2D eigenvalue weighted by molar-refractivity contribution is 5.79. The molecule has 0 radical (unpaired) electrons. The Morgan fingerprint density at radius 2 is 1.95 bits per heavy atom. The second kappa shape index (κ2) is 7.56. The minimum absolute atomic E-state index is 0.278. The molecule has 2 rings (SSSR count). The maximum atomic E-state index is 13.1. The molecule has 1 atom stereocenters. The van der Waals surface area contributed by atoms with Crippen LogP contribution in [0.4, 0.5) is 4.39 Å². The predicted octanol–water partition coefficient (Wildman–Crippen LogP) is 2.37. The summed E-state index contributed by atoms with van der Waals surface area (Å²) in [5, 5.41) is 3.03. The number of nitrogens with two attached hydrogens (primary N) is 1. The molecule has 5 heteroatoms. The number of amides is 1. The summed E-state index contributed by atoms with van der Waals surface area (Å²) in [4.78, 5) is 11.0. The largest absolute Gasteiger partial charge is 0.489 e. The molecule has 0 saturated carbocycles. The molecule has 0 aliphatic heterocycles. The van der Waals surface area contributed by atoms with Gasteiger partial charge in [0.05, 0.1) is 6.04 Å². The molecule has 0 aliphatic rings. The normalized spacial score (nSPS) is 11.9. The van der Waals surface area contributed by atoms with Crippen molar-refractivity contribution in [1.29, 1.82) is 0 Å². The Labute approximate surface area is 129 Å². The van der Waals surface area contributed by atoms with Gasteiger partial charge in [-0.15, -0.1) is 0 Å². The van der Waals surface area contributed by atoms with Gasteiger partial charge in [0.25, 0.3) is 0 Å². The molecule has 0 aliphatic carbocycles. The zero-order valence-electron chi connectivity index (χ0n) is 12.4. The van der Waals surface area contributed by atoms with Crippen molar-refractivity contribution >= 4 is 5.91 Å². The molecule has 116 valence electrons. The van der Waals surface area contributed by atoms with Crippen molar-refractivity contribution in [3.8, 4) is 5.75 Å². The van der Waals surface area contributed by atoms with E-state index in [1.165, 1.54) is 12.1 Å². The Hall–Kier alpha value is -2.40. The van der Waals surface area contributed by atoms with E-state index in [1.54, 1.807) is 13.0 Å². The minimum atomic E-state index is -0.392. The van der Waals surface area contributed by atoms with E-state index in [1.807, 2.05) is 30.3 Å². The third-order valence-corrected chi connectivity index (χ3v) is 3.23. The van der Waals surface area contributed by atoms with Crippen molar-refractivity contribution in [2.75, 3.05) is 0 Å². The minimum Gasteiger partial charge on any atom is -0.489 e. The van der Waals surface area contributed by atoms with Crippen LogP contribution in [0.15, 0.2) is 48.5 Å². The first-order valence-corrected chi connectivity index (χ1v) is 7.03. The van der Waals surface area contributed by atoms with Gasteiger partial charge in [-0.05, 0) is 42.3 Å². The van der Waals surface area contributed by atoms with E-state index in [9.17, 15) is 9.18 Å². The lowest BCUT2D eigenvalue weighted by atomic mass is 10.2. The Balaban J connectivity index is 1.92. The molecule has 0 aromatic heterocycles. The zero-order chi connectivity index (χ0) is 15.9. The van der Waals surface area contributed by atoms with Crippen molar-refractivity contribution in [2.45, 2.75) is 26.1 Å². The quantitative estimate of drug-likeness (QED) is 0.825. The number of hydrogen-bond donors (Lipinski definition) is 2. The lowest BCUT2D eigenvalue weighted by molar-refractivity contribution is -0.119. The fourth-order valence-electron chi connectivity index (χ4n) is 1.91. The van der Waals surface area contributed by atoms with Crippen LogP contribution in [-0.4, -0.2) is 11.9 Å². The first kappa shape index (κ1) is 16.0. The highest BCUT2D eigenvalue weighted by Gasteiger charge is 2.07. The first-order valence-electron chi connectivity index (χ1n) is 7.03. The average molecular weight is 302 g/mol. The summed E-state index contributed by atoms with van der Waals surface area (Å²) in [5.74, 6) is 0.0216. The molecule has 0 spiro atoms. The second-order valence-corrected chi connectivity index (χ2v) is 5.07. The summed E-state index contributed by atoms with van der Waals surface area (Å²) >= 11 is 0. The van der Waals surface area contributed by atoms with Crippen LogP contribution < -0.4 is 15.8 Å². The van der Waals surface area contributed by atoms with Gasteiger partial charge in [0, 0.05) is 6.54 Å². The lowest BCUT2D eigenvalue weighted by Gasteiger charge is -2.11. The Bertz CT molecular complexity index is 646. The van der Waals surface area contributed by atoms with Gasteiger partial charge in [-0.1, -0.05) is 24.3 Å². The van der Waals surface area contributed by atoms with Crippen molar-refractivity contribution in [1.82, 2.24) is 5.32 Å². The van der Waals surface area contributed by atoms with Gasteiger partial charge in [-0.25, -0.2) is 4.39 Å². The zero-order valence-corrected chi connectivity index (χ0v) is 12.4. The summed E-state index contributed by atoms with van der Waals surface area (Å²) < 4.78 is 18.8. The van der Waals surface area contributed by atoms with E-state index in [4.69, 9.17) is 10.5 Å². The molecular weight excluding hydrogens is 283 g/mol. The molecule has 0 heterocycles. The van der Waals surface area contributed by atoms with Gasteiger partial charge < -0.3 is 15.8 Å². The molecule has 2 aromatic rings. The SMILES string of the molecule is C[C@@H](NCc1cccc(OCc2cccc(F)c2)c1)C(N)=O. The fourth-order valence-corrected chi connectivity index (χ4v) is 1.91. The van der Waals surface area contributed by atoms with Crippen LogP contribution in [0.1, 0.15) is 18.1 Å². The summed E-state index contributed by atoms with van der Waals surface area (Å²) in [6.07, 6.45) is 0. The van der Waals surface area contributed by atoms with Crippen molar-refractivity contribution in [3.63, 3.8) is 0 Å². The number of ether oxygens (including phenoxy) is 1. The van der Waals surface area contributed by atoms with Crippen molar-refractivity contribution in [2.24, 2.45) is 5.73 Å². The smallest absolute Gasteiger partial charge is 0.234 e. The van der Waals surface area contributed by atoms with E-state index < -0.39 is 11.9 Å². The average Bonchev–Trinajstić information content (AvgIpc) is 2.51. The predicted molar refractivity (Wildman–Crippen MR) is 82.7 cm³/mol. The third-order valence-electron chi connectivity index (χ3n) is 3.23. The number of rotatable bonds is 7. The van der Waals surface area contributed by atoms with Gasteiger partial charge in [-0.3, -0.25) is 4.79 Å². The number of carbonyl (C=O) groups excluding carboxylic acids is 1. The maximum Gasteiger partial charge on any atom is 0.234 e. The highest BCUT2D eigenvalue weighted by Crippen LogP contribution is 2.15. The summed E-state index contributed by atoms with van der Waals surface area (Å²) in [6, 6.07) is 13.4. The monoisotopic (exact) mass is 302 g/mol. The van der Waals surface area contributed by atoms with Crippen LogP contribution in [0.3, 0.4) is 0 Å². The Kier molecular flexibility index (Phi) is 5.49. The van der Waals surface area contributed by atoms with Gasteiger partial charge in [-0.2, -0.15) is 0 Å². The van der Waals surface area contributed by atoms with E-state index in [2.05, 4.69) is 5.32 Å². The number of hydrogen-bond acceptors (Lipinski definition) is 3. The summed E-state index contributed by atoms with van der Waals surface area (Å²) in [7, 11) is 0. The summed E-state index contributed by atoms with van der Waals surface area (Å²) in [6.45, 7) is 2.53. The molecule has 4 nitrogen and oxygen atoms in total. The first-order chi connectivity index (χ1) is 10.5. The van der Waals surface area contributed by atoms with Crippen LogP contribution in [0.2, 0.25) is 0 Å². The molecule has 0 bridgehead atoms. The number of halogens is 1.